The second kappa shape index (κ2) is 7.91. The van der Waals surface area contributed by atoms with E-state index in [1.807, 2.05) is 25.2 Å². The number of para-hydroxylation sites is 1. The molecule has 3 aromatic rings. The van der Waals surface area contributed by atoms with Crippen molar-refractivity contribution in [2.75, 3.05) is 7.11 Å². The number of carbonyl (C=O) groups is 1. The van der Waals surface area contributed by atoms with Crippen molar-refractivity contribution in [3.63, 3.8) is 0 Å². The highest BCUT2D eigenvalue weighted by atomic mass is 16.6. The molecular formula is C20H20N4O4. The van der Waals surface area contributed by atoms with Gasteiger partial charge in [0.05, 0.1) is 12.0 Å². The summed E-state index contributed by atoms with van der Waals surface area (Å²) in [5, 5.41) is 14.1. The Morgan fingerprint density at radius 3 is 2.68 bits per heavy atom. The van der Waals surface area contributed by atoms with Gasteiger partial charge in [0.15, 0.2) is 0 Å². The monoisotopic (exact) mass is 380 g/mol. The fourth-order valence-electron chi connectivity index (χ4n) is 3.00. The first kappa shape index (κ1) is 19.1. The lowest BCUT2D eigenvalue weighted by atomic mass is 10.0. The molecule has 3 rings (SSSR count). The first-order valence-electron chi connectivity index (χ1n) is 8.58. The molecule has 28 heavy (non-hydrogen) atoms. The summed E-state index contributed by atoms with van der Waals surface area (Å²) in [6, 6.07) is 11.1. The van der Waals surface area contributed by atoms with Crippen molar-refractivity contribution in [2.45, 2.75) is 13.0 Å². The smallest absolute Gasteiger partial charge is 0.273 e. The number of ether oxygens (including phenoxy) is 1. The molecule has 8 nitrogen and oxygen atoms in total. The molecule has 1 aromatic heterocycles. The molecule has 0 aliphatic carbocycles. The Hall–Kier alpha value is -3.68. The van der Waals surface area contributed by atoms with Gasteiger partial charge in [0, 0.05) is 42.2 Å². The molecule has 0 spiro atoms. The Morgan fingerprint density at radius 1 is 1.29 bits per heavy atom. The maximum Gasteiger partial charge on any atom is 0.273 e. The molecule has 0 aliphatic heterocycles. The zero-order chi connectivity index (χ0) is 20.3. The number of nitro benzene ring substituents is 1. The molecule has 1 atom stereocenters. The molecular weight excluding hydrogens is 360 g/mol. The van der Waals surface area contributed by atoms with Gasteiger partial charge in [-0.3, -0.25) is 14.9 Å². The number of methoxy groups -OCH3 is 1. The normalized spacial score (nSPS) is 11.7. The summed E-state index contributed by atoms with van der Waals surface area (Å²) in [5.41, 5.74) is 1.33. The number of carbonyl (C=O) groups excluding carboxylic acids is 1. The second-order valence-corrected chi connectivity index (χ2v) is 6.30. The quantitative estimate of drug-likeness (QED) is 0.523. The Labute approximate surface area is 161 Å². The Morgan fingerprint density at radius 2 is 2.04 bits per heavy atom. The van der Waals surface area contributed by atoms with Crippen molar-refractivity contribution in [2.24, 2.45) is 7.05 Å². The molecule has 0 aliphatic rings. The maximum absolute atomic E-state index is 12.9. The number of aryl methyl sites for hydroxylation is 2. The number of amides is 1. The minimum absolute atomic E-state index is 0.0986. The lowest BCUT2D eigenvalue weighted by molar-refractivity contribution is -0.385. The molecule has 0 fully saturated rings. The molecule has 8 heteroatoms. The predicted octanol–water partition coefficient (Wildman–Crippen LogP) is 3.16. The van der Waals surface area contributed by atoms with Crippen LogP contribution in [-0.4, -0.2) is 27.5 Å². The molecule has 2 aromatic carbocycles. The molecule has 1 N–H and O–H groups in total. The fourth-order valence-corrected chi connectivity index (χ4v) is 3.00. The number of imidazole rings is 1. The highest BCUT2D eigenvalue weighted by molar-refractivity contribution is 5.95. The SMILES string of the molecule is COc1ccccc1C(NC(=O)c1ccc(C)c([N+](=O)[O-])c1)c1nccn1C. The molecule has 144 valence electrons. The van der Waals surface area contributed by atoms with E-state index >= 15 is 0 Å². The van der Waals surface area contributed by atoms with Gasteiger partial charge in [-0.15, -0.1) is 0 Å². The third kappa shape index (κ3) is 3.71. The zero-order valence-electron chi connectivity index (χ0n) is 15.7. The zero-order valence-corrected chi connectivity index (χ0v) is 15.7. The van der Waals surface area contributed by atoms with E-state index in [4.69, 9.17) is 4.74 Å². The highest BCUT2D eigenvalue weighted by Crippen LogP contribution is 2.29. The highest BCUT2D eigenvalue weighted by Gasteiger charge is 2.25. The van der Waals surface area contributed by atoms with Crippen LogP contribution in [0.25, 0.3) is 0 Å². The maximum atomic E-state index is 12.9. The van der Waals surface area contributed by atoms with E-state index < -0.39 is 16.9 Å². The predicted molar refractivity (Wildman–Crippen MR) is 103 cm³/mol. The Bertz CT molecular complexity index is 1030. The van der Waals surface area contributed by atoms with Crippen LogP contribution in [0.15, 0.2) is 54.9 Å². The molecule has 0 saturated heterocycles. The molecule has 1 amide bonds. The summed E-state index contributed by atoms with van der Waals surface area (Å²) in [7, 11) is 3.38. The van der Waals surface area contributed by atoms with Gasteiger partial charge in [0.1, 0.15) is 17.6 Å². The van der Waals surface area contributed by atoms with E-state index in [9.17, 15) is 14.9 Å². The lowest BCUT2D eigenvalue weighted by Crippen LogP contribution is -2.31. The van der Waals surface area contributed by atoms with Gasteiger partial charge in [0.2, 0.25) is 0 Å². The van der Waals surface area contributed by atoms with E-state index in [-0.39, 0.29) is 11.3 Å². The number of hydrogen-bond acceptors (Lipinski definition) is 5. The number of aromatic nitrogens is 2. The summed E-state index contributed by atoms with van der Waals surface area (Å²) in [6.45, 7) is 1.63. The van der Waals surface area contributed by atoms with Crippen LogP contribution >= 0.6 is 0 Å². The van der Waals surface area contributed by atoms with Crippen molar-refractivity contribution in [1.82, 2.24) is 14.9 Å². The van der Waals surface area contributed by atoms with Crippen LogP contribution in [0.1, 0.15) is 33.4 Å². The van der Waals surface area contributed by atoms with Crippen molar-refractivity contribution in [3.05, 3.63) is 87.5 Å². The number of nitrogens with zero attached hydrogens (tertiary/aromatic N) is 3. The fraction of sp³-hybridized carbons (Fsp3) is 0.200. The van der Waals surface area contributed by atoms with Crippen LogP contribution in [0.5, 0.6) is 5.75 Å². The van der Waals surface area contributed by atoms with Crippen molar-refractivity contribution >= 4 is 11.6 Å². The topological polar surface area (TPSA) is 99.3 Å². The van der Waals surface area contributed by atoms with Crippen LogP contribution in [0.2, 0.25) is 0 Å². The van der Waals surface area contributed by atoms with E-state index in [1.54, 1.807) is 49.2 Å². The van der Waals surface area contributed by atoms with E-state index in [1.165, 1.54) is 6.07 Å². The molecule has 0 radical (unpaired) electrons. The third-order valence-corrected chi connectivity index (χ3v) is 4.51. The van der Waals surface area contributed by atoms with Crippen molar-refractivity contribution in [1.29, 1.82) is 0 Å². The molecule has 1 unspecified atom stereocenters. The van der Waals surface area contributed by atoms with E-state index in [0.717, 1.165) is 5.56 Å². The average molecular weight is 380 g/mol. The van der Waals surface area contributed by atoms with Gasteiger partial charge in [0.25, 0.3) is 11.6 Å². The minimum atomic E-state index is -0.594. The van der Waals surface area contributed by atoms with Gasteiger partial charge in [-0.2, -0.15) is 0 Å². The summed E-state index contributed by atoms with van der Waals surface area (Å²) in [5.74, 6) is 0.771. The minimum Gasteiger partial charge on any atom is -0.496 e. The number of nitrogens with one attached hydrogen (secondary N) is 1. The van der Waals surface area contributed by atoms with E-state index in [2.05, 4.69) is 10.3 Å². The second-order valence-electron chi connectivity index (χ2n) is 6.30. The van der Waals surface area contributed by atoms with Gasteiger partial charge < -0.3 is 14.6 Å². The number of hydrogen-bond donors (Lipinski definition) is 1. The van der Waals surface area contributed by atoms with Crippen LogP contribution in [-0.2, 0) is 7.05 Å². The first-order chi connectivity index (χ1) is 13.4. The lowest BCUT2D eigenvalue weighted by Gasteiger charge is -2.21. The van der Waals surface area contributed by atoms with Crippen molar-refractivity contribution < 1.29 is 14.5 Å². The van der Waals surface area contributed by atoms with Crippen LogP contribution < -0.4 is 10.1 Å². The van der Waals surface area contributed by atoms with Gasteiger partial charge >= 0.3 is 0 Å². The summed E-state index contributed by atoms with van der Waals surface area (Å²) in [6.07, 6.45) is 3.42. The molecule has 0 bridgehead atoms. The summed E-state index contributed by atoms with van der Waals surface area (Å²) in [4.78, 5) is 28.0. The molecule has 0 saturated carbocycles. The first-order valence-corrected chi connectivity index (χ1v) is 8.58. The van der Waals surface area contributed by atoms with Crippen molar-refractivity contribution in [3.8, 4) is 5.75 Å². The molecule has 1 heterocycles. The van der Waals surface area contributed by atoms with Crippen LogP contribution in [0.3, 0.4) is 0 Å². The largest absolute Gasteiger partial charge is 0.496 e. The van der Waals surface area contributed by atoms with Gasteiger partial charge in [-0.05, 0) is 19.1 Å². The summed E-state index contributed by atoms with van der Waals surface area (Å²) >= 11 is 0. The van der Waals surface area contributed by atoms with Crippen LogP contribution in [0, 0.1) is 17.0 Å². The van der Waals surface area contributed by atoms with E-state index in [0.29, 0.717) is 17.1 Å². The Kier molecular flexibility index (Phi) is 5.39. The summed E-state index contributed by atoms with van der Waals surface area (Å²) < 4.78 is 7.24. The standard InChI is InChI=1S/C20H20N4O4/c1-13-8-9-14(12-16(13)24(26)27)20(25)22-18(19-21-10-11-23(19)2)15-6-4-5-7-17(15)28-3/h4-12,18H,1-3H3,(H,22,25). The Balaban J connectivity index is 2.01. The third-order valence-electron chi connectivity index (χ3n) is 4.51. The van der Waals surface area contributed by atoms with Gasteiger partial charge in [-0.25, -0.2) is 4.98 Å². The number of nitro groups is 1. The van der Waals surface area contributed by atoms with Gasteiger partial charge in [-0.1, -0.05) is 24.3 Å². The number of benzene rings is 2. The average Bonchev–Trinajstić information content (AvgIpc) is 3.11. The van der Waals surface area contributed by atoms with Crippen LogP contribution in [0.4, 0.5) is 5.69 Å². The number of rotatable bonds is 6.